The van der Waals surface area contributed by atoms with Gasteiger partial charge in [-0.1, -0.05) is 0 Å². The Kier molecular flexibility index (Phi) is 3.35. The Balaban J connectivity index is 2.22. The SMILES string of the molecule is Cc1cc(N2C[C@@H](C)O[C@@H](C)C2)ccc1C#N. The topological polar surface area (TPSA) is 36.3 Å². The summed E-state index contributed by atoms with van der Waals surface area (Å²) in [6, 6.07) is 8.21. The van der Waals surface area contributed by atoms with E-state index in [9.17, 15) is 0 Å². The van der Waals surface area contributed by atoms with Crippen LogP contribution in [0.25, 0.3) is 0 Å². The van der Waals surface area contributed by atoms with E-state index in [0.29, 0.717) is 0 Å². The van der Waals surface area contributed by atoms with Gasteiger partial charge < -0.3 is 9.64 Å². The molecule has 0 radical (unpaired) electrons. The maximum Gasteiger partial charge on any atom is 0.0994 e. The quantitative estimate of drug-likeness (QED) is 0.743. The number of nitrogens with zero attached hydrogens (tertiary/aromatic N) is 2. The summed E-state index contributed by atoms with van der Waals surface area (Å²) >= 11 is 0. The first-order valence-corrected chi connectivity index (χ1v) is 6.01. The summed E-state index contributed by atoms with van der Waals surface area (Å²) in [5.41, 5.74) is 2.98. The predicted molar refractivity (Wildman–Crippen MR) is 68.1 cm³/mol. The first-order valence-electron chi connectivity index (χ1n) is 6.01. The summed E-state index contributed by atoms with van der Waals surface area (Å²) in [7, 11) is 0. The molecule has 1 aliphatic heterocycles. The van der Waals surface area contributed by atoms with Crippen LogP contribution in [-0.4, -0.2) is 25.3 Å². The van der Waals surface area contributed by atoms with Crippen LogP contribution in [0.5, 0.6) is 0 Å². The van der Waals surface area contributed by atoms with Gasteiger partial charge in [0, 0.05) is 18.8 Å². The Morgan fingerprint density at radius 3 is 2.47 bits per heavy atom. The van der Waals surface area contributed by atoms with Crippen molar-refractivity contribution in [3.63, 3.8) is 0 Å². The molecule has 3 nitrogen and oxygen atoms in total. The zero-order valence-corrected chi connectivity index (χ0v) is 10.6. The van der Waals surface area contributed by atoms with Crippen molar-refractivity contribution in [2.45, 2.75) is 33.0 Å². The first-order chi connectivity index (χ1) is 8.10. The average molecular weight is 230 g/mol. The summed E-state index contributed by atoms with van der Waals surface area (Å²) in [5, 5.41) is 8.92. The summed E-state index contributed by atoms with van der Waals surface area (Å²) in [5.74, 6) is 0. The molecule has 3 heteroatoms. The van der Waals surface area contributed by atoms with Crippen LogP contribution in [0.4, 0.5) is 5.69 Å². The van der Waals surface area contributed by atoms with Gasteiger partial charge in [-0.15, -0.1) is 0 Å². The smallest absolute Gasteiger partial charge is 0.0994 e. The van der Waals surface area contributed by atoms with E-state index in [0.717, 1.165) is 24.2 Å². The summed E-state index contributed by atoms with van der Waals surface area (Å²) in [6.07, 6.45) is 0.518. The van der Waals surface area contributed by atoms with Crippen molar-refractivity contribution in [3.05, 3.63) is 29.3 Å². The van der Waals surface area contributed by atoms with Gasteiger partial charge in [0.1, 0.15) is 0 Å². The van der Waals surface area contributed by atoms with E-state index in [-0.39, 0.29) is 12.2 Å². The van der Waals surface area contributed by atoms with E-state index in [1.165, 1.54) is 5.69 Å². The van der Waals surface area contributed by atoms with Gasteiger partial charge in [-0.2, -0.15) is 5.26 Å². The molecule has 0 spiro atoms. The van der Waals surface area contributed by atoms with Gasteiger partial charge in [0.25, 0.3) is 0 Å². The Bertz CT molecular complexity index is 440. The molecular weight excluding hydrogens is 212 g/mol. The van der Waals surface area contributed by atoms with Crippen molar-refractivity contribution >= 4 is 5.69 Å². The number of hydrogen-bond acceptors (Lipinski definition) is 3. The third-order valence-corrected chi connectivity index (χ3v) is 3.12. The zero-order chi connectivity index (χ0) is 12.4. The van der Waals surface area contributed by atoms with Crippen molar-refractivity contribution in [2.24, 2.45) is 0 Å². The lowest BCUT2D eigenvalue weighted by atomic mass is 10.1. The Morgan fingerprint density at radius 1 is 1.29 bits per heavy atom. The van der Waals surface area contributed by atoms with Crippen molar-refractivity contribution in [3.8, 4) is 6.07 Å². The fourth-order valence-corrected chi connectivity index (χ4v) is 2.36. The minimum absolute atomic E-state index is 0.259. The lowest BCUT2D eigenvalue weighted by molar-refractivity contribution is -0.00522. The standard InChI is InChI=1S/C14H18N2O/c1-10-6-14(5-4-13(10)7-15)16-8-11(2)17-12(3)9-16/h4-6,11-12H,8-9H2,1-3H3/t11-,12+. The molecule has 1 aromatic carbocycles. The fraction of sp³-hybridized carbons (Fsp3) is 0.500. The van der Waals surface area contributed by atoms with Crippen LogP contribution in [0.2, 0.25) is 0 Å². The van der Waals surface area contributed by atoms with Crippen LogP contribution >= 0.6 is 0 Å². The highest BCUT2D eigenvalue weighted by Gasteiger charge is 2.22. The highest BCUT2D eigenvalue weighted by Crippen LogP contribution is 2.22. The second kappa shape index (κ2) is 4.77. The van der Waals surface area contributed by atoms with E-state index in [1.807, 2.05) is 19.1 Å². The summed E-state index contributed by atoms with van der Waals surface area (Å²) in [6.45, 7) is 8.00. The molecule has 1 heterocycles. The molecule has 2 atom stereocenters. The number of anilines is 1. The highest BCUT2D eigenvalue weighted by atomic mass is 16.5. The number of ether oxygens (including phenoxy) is 1. The van der Waals surface area contributed by atoms with Crippen LogP contribution < -0.4 is 4.90 Å². The summed E-state index contributed by atoms with van der Waals surface area (Å²) < 4.78 is 5.72. The largest absolute Gasteiger partial charge is 0.372 e. The van der Waals surface area contributed by atoms with Gasteiger partial charge in [-0.25, -0.2) is 0 Å². The predicted octanol–water partition coefficient (Wildman–Crippen LogP) is 2.48. The normalized spacial score (nSPS) is 24.5. The fourth-order valence-electron chi connectivity index (χ4n) is 2.36. The second-order valence-corrected chi connectivity index (χ2v) is 4.77. The lowest BCUT2D eigenvalue weighted by Crippen LogP contribution is -2.45. The van der Waals surface area contributed by atoms with Crippen molar-refractivity contribution < 1.29 is 4.74 Å². The molecule has 1 aromatic rings. The van der Waals surface area contributed by atoms with Gasteiger partial charge in [0.05, 0.1) is 23.8 Å². The summed E-state index contributed by atoms with van der Waals surface area (Å²) in [4.78, 5) is 2.33. The van der Waals surface area contributed by atoms with Gasteiger partial charge >= 0.3 is 0 Å². The molecule has 1 aliphatic rings. The Hall–Kier alpha value is -1.53. The van der Waals surface area contributed by atoms with Gasteiger partial charge in [0.15, 0.2) is 0 Å². The van der Waals surface area contributed by atoms with E-state index < -0.39 is 0 Å². The highest BCUT2D eigenvalue weighted by molar-refractivity contribution is 5.53. The first kappa shape index (κ1) is 11.9. The number of rotatable bonds is 1. The molecule has 0 N–H and O–H groups in total. The maximum absolute atomic E-state index is 8.92. The molecular formula is C14H18N2O. The third-order valence-electron chi connectivity index (χ3n) is 3.12. The van der Waals surface area contributed by atoms with Crippen molar-refractivity contribution in [1.82, 2.24) is 0 Å². The van der Waals surface area contributed by atoms with E-state index in [2.05, 4.69) is 30.9 Å². The molecule has 0 unspecified atom stereocenters. The minimum Gasteiger partial charge on any atom is -0.372 e. The van der Waals surface area contributed by atoms with Gasteiger partial charge in [-0.3, -0.25) is 0 Å². The number of benzene rings is 1. The van der Waals surface area contributed by atoms with E-state index in [1.54, 1.807) is 0 Å². The molecule has 2 rings (SSSR count). The molecule has 0 aliphatic carbocycles. The minimum atomic E-state index is 0.259. The van der Waals surface area contributed by atoms with Crippen LogP contribution in [0, 0.1) is 18.3 Å². The van der Waals surface area contributed by atoms with Crippen LogP contribution in [-0.2, 0) is 4.74 Å². The molecule has 0 bridgehead atoms. The van der Waals surface area contributed by atoms with Crippen molar-refractivity contribution in [1.29, 1.82) is 5.26 Å². The number of nitriles is 1. The Morgan fingerprint density at radius 2 is 1.94 bits per heavy atom. The number of morpholine rings is 1. The molecule has 17 heavy (non-hydrogen) atoms. The number of hydrogen-bond donors (Lipinski definition) is 0. The van der Waals surface area contributed by atoms with E-state index in [4.69, 9.17) is 10.00 Å². The molecule has 0 amide bonds. The Labute approximate surface area is 103 Å². The molecule has 1 saturated heterocycles. The number of aryl methyl sites for hydroxylation is 1. The maximum atomic E-state index is 8.92. The monoisotopic (exact) mass is 230 g/mol. The van der Waals surface area contributed by atoms with E-state index >= 15 is 0 Å². The third kappa shape index (κ3) is 2.59. The molecule has 90 valence electrons. The van der Waals surface area contributed by atoms with Gasteiger partial charge in [-0.05, 0) is 44.5 Å². The lowest BCUT2D eigenvalue weighted by Gasteiger charge is -2.37. The van der Waals surface area contributed by atoms with Crippen LogP contribution in [0.1, 0.15) is 25.0 Å². The zero-order valence-electron chi connectivity index (χ0n) is 10.6. The average Bonchev–Trinajstić information content (AvgIpc) is 2.27. The van der Waals surface area contributed by atoms with Crippen LogP contribution in [0.3, 0.4) is 0 Å². The van der Waals surface area contributed by atoms with Gasteiger partial charge in [0.2, 0.25) is 0 Å². The molecule has 0 aromatic heterocycles. The van der Waals surface area contributed by atoms with Crippen LogP contribution in [0.15, 0.2) is 18.2 Å². The van der Waals surface area contributed by atoms with Crippen molar-refractivity contribution in [2.75, 3.05) is 18.0 Å². The second-order valence-electron chi connectivity index (χ2n) is 4.77. The molecule has 1 fully saturated rings. The molecule has 0 saturated carbocycles.